The molecule has 2 rings (SSSR count). The molecule has 0 spiro atoms. The largest absolute Gasteiger partial charge is 0.463 e. The van der Waals surface area contributed by atoms with Crippen LogP contribution in [0.15, 0.2) is 10.5 Å². The van der Waals surface area contributed by atoms with Crippen molar-refractivity contribution in [1.82, 2.24) is 10.2 Å². The lowest BCUT2D eigenvalue weighted by atomic mass is 10.1. The molecule has 3 nitrogen and oxygen atoms in total. The second kappa shape index (κ2) is 6.77. The molecule has 0 bridgehead atoms. The Morgan fingerprint density at radius 3 is 2.55 bits per heavy atom. The number of hydrogen-bond donors (Lipinski definition) is 1. The Bertz CT molecular complexity index is 419. The van der Waals surface area contributed by atoms with Gasteiger partial charge in [-0.1, -0.05) is 13.8 Å². The Labute approximate surface area is 123 Å². The summed E-state index contributed by atoms with van der Waals surface area (Å²) in [6, 6.07) is 3.49. The number of furan rings is 1. The van der Waals surface area contributed by atoms with E-state index < -0.39 is 0 Å². The van der Waals surface area contributed by atoms with Crippen LogP contribution in [-0.2, 0) is 13.1 Å². The first-order valence-corrected chi connectivity index (χ1v) is 8.01. The monoisotopic (exact) mass is 278 g/mol. The summed E-state index contributed by atoms with van der Waals surface area (Å²) in [4.78, 5) is 2.49. The summed E-state index contributed by atoms with van der Waals surface area (Å²) >= 11 is 0. The molecule has 0 unspecified atom stereocenters. The van der Waals surface area contributed by atoms with Gasteiger partial charge in [0.25, 0.3) is 0 Å². The highest BCUT2D eigenvalue weighted by Gasteiger charge is 2.21. The van der Waals surface area contributed by atoms with Crippen molar-refractivity contribution in [2.75, 3.05) is 6.54 Å². The summed E-state index contributed by atoms with van der Waals surface area (Å²) in [5, 5.41) is 3.53. The summed E-state index contributed by atoms with van der Waals surface area (Å²) in [5.41, 5.74) is 1.28. The van der Waals surface area contributed by atoms with E-state index in [2.05, 4.69) is 50.9 Å². The molecule has 0 amide bonds. The maximum absolute atomic E-state index is 6.05. The lowest BCUT2D eigenvalue weighted by Gasteiger charge is -2.27. The molecule has 1 N–H and O–H groups in total. The van der Waals surface area contributed by atoms with Gasteiger partial charge >= 0.3 is 0 Å². The minimum Gasteiger partial charge on any atom is -0.463 e. The standard InChI is InChI=1S/C17H30N2O/c1-12(2)10-19(13(3)4)11-16-8-14(5)17(20-16)9-18-15-6-7-15/h8,12-13,15,18H,6-7,9-11H2,1-5H3. The van der Waals surface area contributed by atoms with Crippen LogP contribution in [0.5, 0.6) is 0 Å². The van der Waals surface area contributed by atoms with Gasteiger partial charge in [0.15, 0.2) is 0 Å². The van der Waals surface area contributed by atoms with Gasteiger partial charge in [0.05, 0.1) is 13.1 Å². The van der Waals surface area contributed by atoms with E-state index in [0.717, 1.165) is 37.2 Å². The van der Waals surface area contributed by atoms with Gasteiger partial charge in [-0.05, 0) is 51.2 Å². The SMILES string of the molecule is Cc1cc(CN(CC(C)C)C(C)C)oc1CNC1CC1. The number of rotatable bonds is 8. The fourth-order valence-corrected chi connectivity index (χ4v) is 2.50. The Hall–Kier alpha value is -0.800. The molecule has 0 radical (unpaired) electrons. The maximum atomic E-state index is 6.05. The number of nitrogens with one attached hydrogen (secondary N) is 1. The lowest BCUT2D eigenvalue weighted by molar-refractivity contribution is 0.174. The zero-order chi connectivity index (χ0) is 14.7. The summed E-state index contributed by atoms with van der Waals surface area (Å²) < 4.78 is 6.05. The first kappa shape index (κ1) is 15.6. The van der Waals surface area contributed by atoms with Gasteiger partial charge in [-0.15, -0.1) is 0 Å². The average molecular weight is 278 g/mol. The molecule has 0 saturated heterocycles. The molecule has 1 saturated carbocycles. The molecule has 20 heavy (non-hydrogen) atoms. The van der Waals surface area contributed by atoms with Crippen molar-refractivity contribution >= 4 is 0 Å². The number of hydrogen-bond acceptors (Lipinski definition) is 3. The first-order valence-electron chi connectivity index (χ1n) is 8.01. The van der Waals surface area contributed by atoms with Crippen LogP contribution in [0.2, 0.25) is 0 Å². The zero-order valence-corrected chi connectivity index (χ0v) is 13.7. The molecule has 0 aromatic carbocycles. The van der Waals surface area contributed by atoms with Gasteiger partial charge in [-0.2, -0.15) is 0 Å². The second-order valence-corrected chi connectivity index (χ2v) is 6.89. The summed E-state index contributed by atoms with van der Waals surface area (Å²) in [6.45, 7) is 14.1. The van der Waals surface area contributed by atoms with E-state index in [9.17, 15) is 0 Å². The molecule has 114 valence electrons. The molecule has 1 heterocycles. The van der Waals surface area contributed by atoms with E-state index in [4.69, 9.17) is 4.42 Å². The van der Waals surface area contributed by atoms with Crippen molar-refractivity contribution < 1.29 is 4.42 Å². The molecule has 1 aromatic rings. The Morgan fingerprint density at radius 2 is 2.00 bits per heavy atom. The molecular formula is C17H30N2O. The summed E-state index contributed by atoms with van der Waals surface area (Å²) in [6.07, 6.45) is 2.64. The third-order valence-electron chi connectivity index (χ3n) is 3.89. The fourth-order valence-electron chi connectivity index (χ4n) is 2.50. The molecule has 1 aliphatic rings. The zero-order valence-electron chi connectivity index (χ0n) is 13.7. The lowest BCUT2D eigenvalue weighted by Crippen LogP contribution is -2.33. The van der Waals surface area contributed by atoms with Crippen LogP contribution in [0.1, 0.15) is 57.6 Å². The van der Waals surface area contributed by atoms with E-state index in [1.807, 2.05) is 0 Å². The fraction of sp³-hybridized carbons (Fsp3) is 0.765. The van der Waals surface area contributed by atoms with E-state index in [1.165, 1.54) is 18.4 Å². The van der Waals surface area contributed by atoms with Crippen molar-refractivity contribution in [2.24, 2.45) is 5.92 Å². The quantitative estimate of drug-likeness (QED) is 0.786. The van der Waals surface area contributed by atoms with Crippen LogP contribution in [-0.4, -0.2) is 23.5 Å². The topological polar surface area (TPSA) is 28.4 Å². The van der Waals surface area contributed by atoms with E-state index in [-0.39, 0.29) is 0 Å². The maximum Gasteiger partial charge on any atom is 0.120 e. The van der Waals surface area contributed by atoms with Gasteiger partial charge in [0.2, 0.25) is 0 Å². The number of aryl methyl sites for hydroxylation is 1. The third-order valence-corrected chi connectivity index (χ3v) is 3.89. The van der Waals surface area contributed by atoms with Gasteiger partial charge in [-0.25, -0.2) is 0 Å². The molecule has 0 atom stereocenters. The predicted octanol–water partition coefficient (Wildman–Crippen LogP) is 3.71. The first-order chi connectivity index (χ1) is 9.45. The molecule has 3 heteroatoms. The van der Waals surface area contributed by atoms with Crippen LogP contribution in [0.4, 0.5) is 0 Å². The van der Waals surface area contributed by atoms with E-state index in [1.54, 1.807) is 0 Å². The number of nitrogens with zero attached hydrogens (tertiary/aromatic N) is 1. The van der Waals surface area contributed by atoms with Crippen molar-refractivity contribution in [3.05, 3.63) is 23.2 Å². The smallest absolute Gasteiger partial charge is 0.120 e. The molecular weight excluding hydrogens is 248 g/mol. The normalized spacial score (nSPS) is 15.8. The average Bonchev–Trinajstić information content (AvgIpc) is 3.10. The van der Waals surface area contributed by atoms with Crippen LogP contribution in [0.25, 0.3) is 0 Å². The third kappa shape index (κ3) is 4.64. The van der Waals surface area contributed by atoms with Crippen LogP contribution >= 0.6 is 0 Å². The van der Waals surface area contributed by atoms with Gasteiger partial charge < -0.3 is 9.73 Å². The molecule has 1 aromatic heterocycles. The Morgan fingerprint density at radius 1 is 1.30 bits per heavy atom. The minimum atomic E-state index is 0.552. The van der Waals surface area contributed by atoms with Gasteiger partial charge in [0.1, 0.15) is 11.5 Å². The highest BCUT2D eigenvalue weighted by Crippen LogP contribution is 2.22. The van der Waals surface area contributed by atoms with Crippen molar-refractivity contribution in [3.63, 3.8) is 0 Å². The summed E-state index contributed by atoms with van der Waals surface area (Å²) in [5.74, 6) is 2.90. The van der Waals surface area contributed by atoms with Gasteiger partial charge in [0, 0.05) is 18.6 Å². The van der Waals surface area contributed by atoms with E-state index >= 15 is 0 Å². The van der Waals surface area contributed by atoms with Crippen LogP contribution < -0.4 is 5.32 Å². The molecule has 0 aliphatic heterocycles. The van der Waals surface area contributed by atoms with E-state index in [0.29, 0.717) is 12.0 Å². The molecule has 1 fully saturated rings. The van der Waals surface area contributed by atoms with Crippen LogP contribution in [0.3, 0.4) is 0 Å². The molecule has 1 aliphatic carbocycles. The van der Waals surface area contributed by atoms with Crippen molar-refractivity contribution in [3.8, 4) is 0 Å². The predicted molar refractivity (Wildman–Crippen MR) is 83.7 cm³/mol. The Kier molecular flexibility index (Phi) is 5.28. The highest BCUT2D eigenvalue weighted by atomic mass is 16.3. The Balaban J connectivity index is 1.94. The van der Waals surface area contributed by atoms with Crippen molar-refractivity contribution in [2.45, 2.75) is 72.6 Å². The van der Waals surface area contributed by atoms with Gasteiger partial charge in [-0.3, -0.25) is 4.90 Å². The summed E-state index contributed by atoms with van der Waals surface area (Å²) in [7, 11) is 0. The van der Waals surface area contributed by atoms with Crippen LogP contribution in [0, 0.1) is 12.8 Å². The minimum absolute atomic E-state index is 0.552. The van der Waals surface area contributed by atoms with Crippen molar-refractivity contribution in [1.29, 1.82) is 0 Å². The highest BCUT2D eigenvalue weighted by molar-refractivity contribution is 5.20. The second-order valence-electron chi connectivity index (χ2n) is 6.89.